The summed E-state index contributed by atoms with van der Waals surface area (Å²) in [6.45, 7) is 0. The highest BCUT2D eigenvalue weighted by molar-refractivity contribution is 6.05. The number of H-pyrrole nitrogens is 1. The van der Waals surface area contributed by atoms with Gasteiger partial charge in [-0.3, -0.25) is 4.98 Å². The van der Waals surface area contributed by atoms with Crippen molar-refractivity contribution in [2.24, 2.45) is 0 Å². The lowest BCUT2D eigenvalue weighted by Crippen LogP contribution is -1.99. The monoisotopic (exact) mass is 322 g/mol. The number of nitrogens with one attached hydrogen (secondary N) is 1. The van der Waals surface area contributed by atoms with Crippen LogP contribution in [0, 0.1) is 0 Å². The van der Waals surface area contributed by atoms with Crippen LogP contribution in [-0.4, -0.2) is 17.1 Å². The first-order valence-electron chi connectivity index (χ1n) is 9.33. The van der Waals surface area contributed by atoms with E-state index in [2.05, 4.69) is 23.2 Å². The lowest BCUT2D eigenvalue weighted by Gasteiger charge is -2.08. The highest BCUT2D eigenvalue weighted by Gasteiger charge is 2.12. The molecule has 0 atom stereocenters. The summed E-state index contributed by atoms with van der Waals surface area (Å²) in [7, 11) is 1.71. The molecule has 0 saturated carbocycles. The molecule has 0 amide bonds. The number of methoxy groups -OCH3 is 1. The number of aromatic nitrogens is 2. The maximum atomic E-state index is 5.35. The molecule has 4 rings (SSSR count). The fraction of sp³-hybridized carbons (Fsp3) is 0.476. The van der Waals surface area contributed by atoms with Crippen molar-refractivity contribution in [2.45, 2.75) is 57.8 Å². The molecule has 0 saturated heterocycles. The van der Waals surface area contributed by atoms with Crippen LogP contribution < -0.4 is 4.74 Å². The predicted molar refractivity (Wildman–Crippen MR) is 99.9 cm³/mol. The number of hydrogen-bond acceptors (Lipinski definition) is 2. The fourth-order valence-electron chi connectivity index (χ4n) is 3.92. The third kappa shape index (κ3) is 3.00. The van der Waals surface area contributed by atoms with Crippen molar-refractivity contribution in [3.63, 3.8) is 0 Å². The predicted octanol–water partition coefficient (Wildman–Crippen LogP) is 5.55. The summed E-state index contributed by atoms with van der Waals surface area (Å²) in [4.78, 5) is 8.63. The van der Waals surface area contributed by atoms with Crippen molar-refractivity contribution in [1.29, 1.82) is 0 Å². The Kier molecular flexibility index (Phi) is 4.42. The van der Waals surface area contributed by atoms with Crippen molar-refractivity contribution in [1.82, 2.24) is 9.97 Å². The summed E-state index contributed by atoms with van der Waals surface area (Å²) in [6.07, 6.45) is 11.7. The molecule has 0 radical (unpaired) electrons. The normalized spacial score (nSPS) is 16.7. The molecule has 1 aliphatic carbocycles. The van der Waals surface area contributed by atoms with Crippen LogP contribution in [0.1, 0.15) is 56.2 Å². The Balaban J connectivity index is 1.79. The average Bonchev–Trinajstić information content (AvgIpc) is 2.93. The second-order valence-electron chi connectivity index (χ2n) is 7.00. The van der Waals surface area contributed by atoms with E-state index in [-0.39, 0.29) is 0 Å². The Bertz CT molecular complexity index is 850. The number of benzene rings is 1. The summed E-state index contributed by atoms with van der Waals surface area (Å²) in [5, 5.41) is 1.20. The molecule has 0 bridgehead atoms. The van der Waals surface area contributed by atoms with Crippen LogP contribution in [0.5, 0.6) is 5.75 Å². The minimum absolute atomic E-state index is 0.886. The standard InChI is InChI=1S/C21H26N2O/c1-24-16-11-12-17-19(14-16)22-20-13-15-9-7-5-3-2-4-6-8-10-18(15)23-21(17)20/h11-14,22H,2-10H2,1H3. The zero-order valence-corrected chi connectivity index (χ0v) is 14.5. The maximum Gasteiger partial charge on any atom is 0.120 e. The minimum Gasteiger partial charge on any atom is -0.497 e. The van der Waals surface area contributed by atoms with Crippen molar-refractivity contribution < 1.29 is 4.74 Å². The molecular weight excluding hydrogens is 296 g/mol. The van der Waals surface area contributed by atoms with Gasteiger partial charge >= 0.3 is 0 Å². The number of rotatable bonds is 1. The Morgan fingerprint density at radius 3 is 2.42 bits per heavy atom. The van der Waals surface area contributed by atoms with E-state index in [1.165, 1.54) is 61.6 Å². The van der Waals surface area contributed by atoms with Crippen LogP contribution in [0.4, 0.5) is 0 Å². The summed E-state index contributed by atoms with van der Waals surface area (Å²) >= 11 is 0. The molecule has 126 valence electrons. The van der Waals surface area contributed by atoms with Crippen LogP contribution in [0.3, 0.4) is 0 Å². The zero-order chi connectivity index (χ0) is 16.4. The van der Waals surface area contributed by atoms with Gasteiger partial charge < -0.3 is 9.72 Å². The first-order chi connectivity index (χ1) is 11.8. The molecule has 1 aliphatic rings. The van der Waals surface area contributed by atoms with Gasteiger partial charge in [0.25, 0.3) is 0 Å². The van der Waals surface area contributed by atoms with Crippen LogP contribution >= 0.6 is 0 Å². The highest BCUT2D eigenvalue weighted by Crippen LogP contribution is 2.29. The Hall–Kier alpha value is -2.03. The largest absolute Gasteiger partial charge is 0.497 e. The average molecular weight is 322 g/mol. The summed E-state index contributed by atoms with van der Waals surface area (Å²) < 4.78 is 5.35. The molecule has 0 spiro atoms. The van der Waals surface area contributed by atoms with Gasteiger partial charge in [0.2, 0.25) is 0 Å². The Morgan fingerprint density at radius 2 is 1.62 bits per heavy atom. The number of pyridine rings is 1. The van der Waals surface area contributed by atoms with Gasteiger partial charge in [-0.15, -0.1) is 0 Å². The van der Waals surface area contributed by atoms with Gasteiger partial charge in [0.15, 0.2) is 0 Å². The molecule has 24 heavy (non-hydrogen) atoms. The zero-order valence-electron chi connectivity index (χ0n) is 14.5. The fourth-order valence-corrected chi connectivity index (χ4v) is 3.92. The molecule has 0 unspecified atom stereocenters. The SMILES string of the molecule is COc1ccc2c(c1)[nH]c1cc3c(nc12)CCCCCCCCC3. The van der Waals surface area contributed by atoms with Gasteiger partial charge in [-0.25, -0.2) is 0 Å². The molecule has 3 heteroatoms. The first-order valence-corrected chi connectivity index (χ1v) is 9.33. The molecule has 1 N–H and O–H groups in total. The molecule has 0 fully saturated rings. The summed E-state index contributed by atoms with van der Waals surface area (Å²) in [6, 6.07) is 8.56. The lowest BCUT2D eigenvalue weighted by atomic mass is 10.0. The van der Waals surface area contributed by atoms with Crippen molar-refractivity contribution >= 4 is 21.9 Å². The van der Waals surface area contributed by atoms with Crippen molar-refractivity contribution in [3.05, 3.63) is 35.5 Å². The maximum absolute atomic E-state index is 5.35. The van der Waals surface area contributed by atoms with E-state index in [0.717, 1.165) is 35.1 Å². The smallest absolute Gasteiger partial charge is 0.120 e. The first kappa shape index (κ1) is 15.5. The summed E-state index contributed by atoms with van der Waals surface area (Å²) in [5.74, 6) is 0.886. The molecule has 3 nitrogen and oxygen atoms in total. The third-order valence-electron chi connectivity index (χ3n) is 5.30. The molecule has 1 aromatic carbocycles. The van der Waals surface area contributed by atoms with E-state index < -0.39 is 0 Å². The number of hydrogen-bond donors (Lipinski definition) is 1. The van der Waals surface area contributed by atoms with Gasteiger partial charge in [0, 0.05) is 17.1 Å². The Labute approximate surface area is 143 Å². The van der Waals surface area contributed by atoms with Crippen LogP contribution in [0.25, 0.3) is 21.9 Å². The quantitative estimate of drug-likeness (QED) is 0.637. The van der Waals surface area contributed by atoms with Crippen LogP contribution in [0.15, 0.2) is 24.3 Å². The van der Waals surface area contributed by atoms with Crippen LogP contribution in [-0.2, 0) is 12.8 Å². The number of nitrogens with zero attached hydrogens (tertiary/aromatic N) is 1. The van der Waals surface area contributed by atoms with E-state index in [9.17, 15) is 0 Å². The van der Waals surface area contributed by atoms with Crippen LogP contribution in [0.2, 0.25) is 0 Å². The molecule has 3 aromatic rings. The second-order valence-corrected chi connectivity index (χ2v) is 7.00. The van der Waals surface area contributed by atoms with E-state index in [0.29, 0.717) is 0 Å². The molecular formula is C21H26N2O. The van der Waals surface area contributed by atoms with Gasteiger partial charge in [-0.2, -0.15) is 0 Å². The third-order valence-corrected chi connectivity index (χ3v) is 5.30. The van der Waals surface area contributed by atoms with E-state index in [1.807, 2.05) is 6.07 Å². The van der Waals surface area contributed by atoms with Gasteiger partial charge in [0.1, 0.15) is 5.75 Å². The van der Waals surface area contributed by atoms with Crippen molar-refractivity contribution in [3.8, 4) is 5.75 Å². The van der Waals surface area contributed by atoms with Gasteiger partial charge in [0.05, 0.1) is 23.7 Å². The van der Waals surface area contributed by atoms with E-state index in [1.54, 1.807) is 7.11 Å². The van der Waals surface area contributed by atoms with Crippen molar-refractivity contribution in [2.75, 3.05) is 7.11 Å². The molecule has 2 aromatic heterocycles. The van der Waals surface area contributed by atoms with Gasteiger partial charge in [-0.05, 0) is 49.4 Å². The number of aromatic amines is 1. The number of fused-ring (bicyclic) bond motifs is 4. The molecule has 0 aliphatic heterocycles. The van der Waals surface area contributed by atoms with E-state index >= 15 is 0 Å². The number of ether oxygens (including phenoxy) is 1. The van der Waals surface area contributed by atoms with Gasteiger partial charge in [-0.1, -0.05) is 32.1 Å². The van der Waals surface area contributed by atoms with E-state index in [4.69, 9.17) is 9.72 Å². The highest BCUT2D eigenvalue weighted by atomic mass is 16.5. The number of aryl methyl sites for hydroxylation is 2. The topological polar surface area (TPSA) is 37.9 Å². The minimum atomic E-state index is 0.886. The Morgan fingerprint density at radius 1 is 0.875 bits per heavy atom. The lowest BCUT2D eigenvalue weighted by molar-refractivity contribution is 0.415. The second kappa shape index (κ2) is 6.84. The molecule has 2 heterocycles. The summed E-state index contributed by atoms with van der Waals surface area (Å²) in [5.41, 5.74) is 6.15.